The van der Waals surface area contributed by atoms with E-state index in [2.05, 4.69) is 10.5 Å². The van der Waals surface area contributed by atoms with Crippen LogP contribution in [0.4, 0.5) is 0 Å². The van der Waals surface area contributed by atoms with Gasteiger partial charge in [-0.25, -0.2) is 5.43 Å². The Labute approximate surface area is 110 Å². The second kappa shape index (κ2) is 8.33. The Kier molecular flexibility index (Phi) is 7.44. The Morgan fingerprint density at radius 3 is 2.41 bits per heavy atom. The van der Waals surface area contributed by atoms with Gasteiger partial charge in [0.25, 0.3) is 5.91 Å². The third-order valence-corrected chi connectivity index (χ3v) is 1.56. The summed E-state index contributed by atoms with van der Waals surface area (Å²) in [5.74, 6) is -2.06. The van der Waals surface area contributed by atoms with Gasteiger partial charge in [-0.2, -0.15) is 5.10 Å². The topological polar surface area (TPSA) is 81.6 Å². The summed E-state index contributed by atoms with van der Waals surface area (Å²) in [6, 6.07) is 9.15. The fourth-order valence-corrected chi connectivity index (χ4v) is 0.891. The van der Waals surface area contributed by atoms with Crippen molar-refractivity contribution in [1.29, 1.82) is 0 Å². The number of carboxylic acid groups (broad SMARTS) is 1. The second-order valence-corrected chi connectivity index (χ2v) is 2.80. The van der Waals surface area contributed by atoms with Gasteiger partial charge in [-0.05, 0) is 11.6 Å². The first-order chi connectivity index (χ1) is 7.68. The molecule has 1 N–H and O–H groups in total. The molecule has 6 heteroatoms. The van der Waals surface area contributed by atoms with Gasteiger partial charge < -0.3 is 9.90 Å². The number of benzene rings is 1. The third kappa shape index (κ3) is 7.12. The van der Waals surface area contributed by atoms with E-state index < -0.39 is 11.9 Å². The summed E-state index contributed by atoms with van der Waals surface area (Å²) in [5, 5.41) is 13.6. The van der Waals surface area contributed by atoms with Crippen molar-refractivity contribution >= 4 is 18.1 Å². The molecule has 82 valence electrons. The van der Waals surface area contributed by atoms with Crippen LogP contribution < -0.4 is 29.4 Å². The molecule has 0 saturated heterocycles. The van der Waals surface area contributed by atoms with Crippen LogP contribution in [0.2, 0.25) is 0 Å². The zero-order chi connectivity index (χ0) is 11.8. The Morgan fingerprint density at radius 1 is 1.18 bits per heavy atom. The number of hydrazone groups is 1. The van der Waals surface area contributed by atoms with E-state index >= 15 is 0 Å². The van der Waals surface area contributed by atoms with Crippen LogP contribution >= 0.6 is 0 Å². The summed E-state index contributed by atoms with van der Waals surface area (Å²) in [6.07, 6.45) is 2.91. The Morgan fingerprint density at radius 2 is 1.82 bits per heavy atom. The van der Waals surface area contributed by atoms with E-state index in [0.717, 1.165) is 11.6 Å². The molecule has 0 fully saturated rings. The van der Waals surface area contributed by atoms with E-state index in [-0.39, 0.29) is 18.9 Å². The zero-order valence-corrected chi connectivity index (χ0v) is 9.29. The van der Waals surface area contributed by atoms with Gasteiger partial charge >= 0.3 is 18.9 Å². The van der Waals surface area contributed by atoms with Crippen LogP contribution in [0.25, 0.3) is 0 Å². The minimum Gasteiger partial charge on any atom is -0.545 e. The molecule has 0 unspecified atom stereocenters. The number of nitrogens with zero attached hydrogens (tertiary/aromatic N) is 1. The summed E-state index contributed by atoms with van der Waals surface area (Å²) in [7, 11) is 0. The third-order valence-electron chi connectivity index (χ3n) is 1.56. The van der Waals surface area contributed by atoms with E-state index in [1.807, 2.05) is 30.3 Å². The van der Waals surface area contributed by atoms with Crippen molar-refractivity contribution < 1.29 is 33.6 Å². The van der Waals surface area contributed by atoms with Crippen molar-refractivity contribution in [2.45, 2.75) is 0 Å². The van der Waals surface area contributed by atoms with Crippen LogP contribution in [0, 0.1) is 0 Å². The van der Waals surface area contributed by atoms with Gasteiger partial charge in [0.2, 0.25) is 0 Å². The first kappa shape index (κ1) is 15.2. The molecular weight excluding hydrogens is 215 g/mol. The minimum absolute atomic E-state index is 0. The predicted molar refractivity (Wildman–Crippen MR) is 56.3 cm³/mol. The summed E-state index contributed by atoms with van der Waals surface area (Å²) in [5.41, 5.74) is 2.96. The number of rotatable bonds is 4. The number of carboxylic acids is 1. The maximum Gasteiger partial charge on any atom is 1.00 e. The molecule has 0 aliphatic heterocycles. The molecule has 0 aromatic heterocycles. The van der Waals surface area contributed by atoms with Crippen LogP contribution in [0.5, 0.6) is 0 Å². The maximum absolute atomic E-state index is 10.9. The molecule has 0 bridgehead atoms. The van der Waals surface area contributed by atoms with Crippen LogP contribution in [0.3, 0.4) is 0 Å². The van der Waals surface area contributed by atoms with Gasteiger partial charge in [0, 0.05) is 6.08 Å². The SMILES string of the molecule is O=C([O-])/C=C\C(=O)N/N=C/c1ccccc1.[Li+]. The molecule has 1 aromatic rings. The number of aliphatic carboxylic acids is 1. The van der Waals surface area contributed by atoms with Crippen molar-refractivity contribution in [3.8, 4) is 0 Å². The van der Waals surface area contributed by atoms with Crippen molar-refractivity contribution in [3.05, 3.63) is 48.0 Å². The summed E-state index contributed by atoms with van der Waals surface area (Å²) in [6.45, 7) is 0. The quantitative estimate of drug-likeness (QED) is 0.249. The molecule has 0 atom stereocenters. The summed E-state index contributed by atoms with van der Waals surface area (Å²) < 4.78 is 0. The maximum atomic E-state index is 10.9. The van der Waals surface area contributed by atoms with E-state index in [0.29, 0.717) is 6.08 Å². The van der Waals surface area contributed by atoms with E-state index in [9.17, 15) is 14.7 Å². The van der Waals surface area contributed by atoms with Gasteiger partial charge in [-0.3, -0.25) is 4.79 Å². The fourth-order valence-electron chi connectivity index (χ4n) is 0.891. The first-order valence-corrected chi connectivity index (χ1v) is 4.45. The Bertz CT molecular complexity index is 430. The van der Waals surface area contributed by atoms with Crippen molar-refractivity contribution in [3.63, 3.8) is 0 Å². The molecule has 0 radical (unpaired) electrons. The van der Waals surface area contributed by atoms with Crippen molar-refractivity contribution in [2.75, 3.05) is 0 Å². The molecule has 0 heterocycles. The monoisotopic (exact) mass is 224 g/mol. The van der Waals surface area contributed by atoms with E-state index in [4.69, 9.17) is 0 Å². The largest absolute Gasteiger partial charge is 1.00 e. The van der Waals surface area contributed by atoms with Gasteiger partial charge in [0.1, 0.15) is 0 Å². The van der Waals surface area contributed by atoms with Crippen molar-refractivity contribution in [2.24, 2.45) is 5.10 Å². The van der Waals surface area contributed by atoms with Crippen LogP contribution in [0.15, 0.2) is 47.6 Å². The molecule has 1 rings (SSSR count). The number of hydrogen-bond acceptors (Lipinski definition) is 4. The molecule has 1 aromatic carbocycles. The molecule has 0 aliphatic rings. The predicted octanol–water partition coefficient (Wildman–Crippen LogP) is -3.55. The number of nitrogens with one attached hydrogen (secondary N) is 1. The Balaban J connectivity index is 0.00000256. The number of amides is 1. The second-order valence-electron chi connectivity index (χ2n) is 2.80. The average Bonchev–Trinajstić information content (AvgIpc) is 2.28. The molecule has 17 heavy (non-hydrogen) atoms. The fraction of sp³-hybridized carbons (Fsp3) is 0. The molecule has 0 spiro atoms. The zero-order valence-electron chi connectivity index (χ0n) is 9.29. The standard InChI is InChI=1S/C11H10N2O3.Li/c14-10(6-7-11(15)16)13-12-8-9-4-2-1-3-5-9;/h1-8H,(H,13,14)(H,15,16);/q;+1/p-1/b7-6-,12-8+;. The van der Waals surface area contributed by atoms with Gasteiger partial charge in [0.05, 0.1) is 12.2 Å². The number of carbonyl (C=O) groups is 2. The molecular formula is C11H9LiN2O3. The van der Waals surface area contributed by atoms with Gasteiger partial charge in [-0.1, -0.05) is 30.3 Å². The first-order valence-electron chi connectivity index (χ1n) is 4.45. The summed E-state index contributed by atoms with van der Waals surface area (Å²) >= 11 is 0. The van der Waals surface area contributed by atoms with Crippen LogP contribution in [-0.2, 0) is 9.59 Å². The normalized spacial score (nSPS) is 10.1. The van der Waals surface area contributed by atoms with Crippen LogP contribution in [-0.4, -0.2) is 18.1 Å². The van der Waals surface area contributed by atoms with E-state index in [1.54, 1.807) is 0 Å². The van der Waals surface area contributed by atoms with Gasteiger partial charge in [-0.15, -0.1) is 0 Å². The number of hydrogen-bond donors (Lipinski definition) is 1. The summed E-state index contributed by atoms with van der Waals surface area (Å²) in [4.78, 5) is 20.9. The van der Waals surface area contributed by atoms with E-state index in [1.165, 1.54) is 6.21 Å². The van der Waals surface area contributed by atoms with Gasteiger partial charge in [0.15, 0.2) is 0 Å². The molecule has 1 amide bonds. The molecule has 5 nitrogen and oxygen atoms in total. The number of carbonyl (C=O) groups excluding carboxylic acids is 2. The molecule has 0 aliphatic carbocycles. The average molecular weight is 224 g/mol. The smallest absolute Gasteiger partial charge is 0.545 e. The minimum atomic E-state index is -1.43. The van der Waals surface area contributed by atoms with Crippen LogP contribution in [0.1, 0.15) is 5.56 Å². The Hall–Kier alpha value is -1.83. The van der Waals surface area contributed by atoms with Crippen molar-refractivity contribution in [1.82, 2.24) is 5.43 Å². The molecule has 0 saturated carbocycles.